The number of carbonyl (C=O) groups excluding carboxylic acids is 1. The van der Waals surface area contributed by atoms with Crippen LogP contribution in [0, 0.1) is 5.92 Å². The molecular formula is C16H16ClN5O. The summed E-state index contributed by atoms with van der Waals surface area (Å²) in [6.07, 6.45) is 0. The fourth-order valence-electron chi connectivity index (χ4n) is 3.11. The Hall–Kier alpha value is -2.47. The van der Waals surface area contributed by atoms with E-state index in [9.17, 15) is 4.79 Å². The number of aromatic nitrogens is 2. The molecule has 6 nitrogen and oxygen atoms in total. The van der Waals surface area contributed by atoms with E-state index in [1.165, 1.54) is 6.92 Å². The zero-order valence-electron chi connectivity index (χ0n) is 12.7. The van der Waals surface area contributed by atoms with Gasteiger partial charge >= 0.3 is 0 Å². The van der Waals surface area contributed by atoms with E-state index >= 15 is 0 Å². The third-order valence-corrected chi connectivity index (χ3v) is 4.37. The van der Waals surface area contributed by atoms with E-state index in [1.807, 2.05) is 18.2 Å². The summed E-state index contributed by atoms with van der Waals surface area (Å²) >= 11 is 6.37. The van der Waals surface area contributed by atoms with Crippen LogP contribution < -0.4 is 11.5 Å². The van der Waals surface area contributed by atoms with Crippen LogP contribution in [0.15, 0.2) is 29.3 Å². The predicted molar refractivity (Wildman–Crippen MR) is 91.1 cm³/mol. The maximum Gasteiger partial charge on any atom is 0.224 e. The molecule has 1 aliphatic rings. The van der Waals surface area contributed by atoms with E-state index in [2.05, 4.69) is 15.0 Å². The molecule has 0 saturated carbocycles. The van der Waals surface area contributed by atoms with Crippen molar-refractivity contribution in [2.75, 3.05) is 11.5 Å². The molecule has 0 aliphatic carbocycles. The molecule has 2 heterocycles. The fourth-order valence-corrected chi connectivity index (χ4v) is 3.36. The molecule has 4 N–H and O–H groups in total. The van der Waals surface area contributed by atoms with Crippen LogP contribution in [-0.4, -0.2) is 21.5 Å². The maximum atomic E-state index is 12.3. The molecule has 118 valence electrons. The number of aliphatic imine (C=N–C) groups is 1. The van der Waals surface area contributed by atoms with Gasteiger partial charge in [0.1, 0.15) is 11.6 Å². The van der Waals surface area contributed by atoms with Gasteiger partial charge in [0.15, 0.2) is 5.82 Å². The average molecular weight is 330 g/mol. The Morgan fingerprint density at radius 1 is 1.22 bits per heavy atom. The summed E-state index contributed by atoms with van der Waals surface area (Å²) in [4.78, 5) is 24.9. The number of hydrogen-bond donors (Lipinski definition) is 2. The molecule has 2 aromatic rings. The van der Waals surface area contributed by atoms with Gasteiger partial charge in [0, 0.05) is 22.2 Å². The largest absolute Gasteiger partial charge is 0.383 e. The number of Topliss-reactive ketones (excluding diaryl/α,β-unsaturated/α-hetero) is 1. The van der Waals surface area contributed by atoms with Gasteiger partial charge < -0.3 is 11.5 Å². The molecule has 0 amide bonds. The molecule has 1 aromatic heterocycles. The van der Waals surface area contributed by atoms with Gasteiger partial charge in [-0.05, 0) is 25.5 Å². The summed E-state index contributed by atoms with van der Waals surface area (Å²) < 4.78 is 0. The highest BCUT2D eigenvalue weighted by molar-refractivity contribution is 6.31. The van der Waals surface area contributed by atoms with Crippen molar-refractivity contribution in [3.8, 4) is 0 Å². The quantitative estimate of drug-likeness (QED) is 0.880. The topological polar surface area (TPSA) is 107 Å². The molecule has 2 unspecified atom stereocenters. The number of halogens is 1. The number of carbonyl (C=O) groups is 1. The van der Waals surface area contributed by atoms with Crippen molar-refractivity contribution in [2.45, 2.75) is 19.8 Å². The Balaban J connectivity index is 2.33. The van der Waals surface area contributed by atoms with Crippen LogP contribution in [0.5, 0.6) is 0 Å². The molecule has 0 spiro atoms. The van der Waals surface area contributed by atoms with E-state index in [1.54, 1.807) is 13.0 Å². The van der Waals surface area contributed by atoms with Crippen LogP contribution in [0.1, 0.15) is 30.9 Å². The monoisotopic (exact) mass is 329 g/mol. The summed E-state index contributed by atoms with van der Waals surface area (Å²) in [7, 11) is 0. The first-order valence-corrected chi connectivity index (χ1v) is 7.51. The lowest BCUT2D eigenvalue weighted by molar-refractivity contribution is -0.119. The second-order valence-corrected chi connectivity index (χ2v) is 5.95. The van der Waals surface area contributed by atoms with Crippen LogP contribution in [0.4, 0.5) is 17.6 Å². The molecule has 23 heavy (non-hydrogen) atoms. The number of anilines is 2. The number of nitrogens with zero attached hydrogens (tertiary/aromatic N) is 3. The van der Waals surface area contributed by atoms with Gasteiger partial charge in [0.05, 0.1) is 5.92 Å². The van der Waals surface area contributed by atoms with Gasteiger partial charge in [0.2, 0.25) is 5.95 Å². The van der Waals surface area contributed by atoms with Crippen molar-refractivity contribution < 1.29 is 4.79 Å². The average Bonchev–Trinajstić information content (AvgIpc) is 2.45. The highest BCUT2D eigenvalue weighted by Crippen LogP contribution is 2.46. The Kier molecular flexibility index (Phi) is 3.77. The minimum absolute atomic E-state index is 0.0157. The molecule has 0 fully saturated rings. The Morgan fingerprint density at radius 2 is 1.91 bits per heavy atom. The third kappa shape index (κ3) is 2.55. The number of ketones is 1. The second kappa shape index (κ2) is 5.62. The van der Waals surface area contributed by atoms with Crippen LogP contribution in [-0.2, 0) is 4.79 Å². The van der Waals surface area contributed by atoms with Crippen LogP contribution >= 0.6 is 11.6 Å². The number of nitrogen functional groups attached to an aromatic ring is 2. The number of nitrogens with two attached hydrogens (primary N) is 2. The van der Waals surface area contributed by atoms with Gasteiger partial charge in [-0.3, -0.25) is 4.79 Å². The number of benzene rings is 1. The normalized spacial score (nSPS) is 19.9. The molecule has 3 rings (SSSR count). The number of rotatable bonds is 2. The van der Waals surface area contributed by atoms with Crippen LogP contribution in [0.3, 0.4) is 0 Å². The number of hydrogen-bond acceptors (Lipinski definition) is 6. The molecule has 7 heteroatoms. The second-order valence-electron chi connectivity index (χ2n) is 5.55. The van der Waals surface area contributed by atoms with Gasteiger partial charge in [-0.2, -0.15) is 9.97 Å². The Morgan fingerprint density at radius 3 is 2.57 bits per heavy atom. The molecule has 0 bridgehead atoms. The van der Waals surface area contributed by atoms with Gasteiger partial charge in [-0.25, -0.2) is 4.99 Å². The first kappa shape index (κ1) is 15.4. The maximum absolute atomic E-state index is 12.3. The zero-order valence-corrected chi connectivity index (χ0v) is 13.5. The lowest BCUT2D eigenvalue weighted by Gasteiger charge is -2.31. The van der Waals surface area contributed by atoms with Crippen molar-refractivity contribution in [3.05, 3.63) is 40.4 Å². The minimum Gasteiger partial charge on any atom is -0.383 e. The van der Waals surface area contributed by atoms with Crippen molar-refractivity contribution in [1.82, 2.24) is 9.97 Å². The van der Waals surface area contributed by atoms with Crippen molar-refractivity contribution >= 4 is 40.7 Å². The summed E-state index contributed by atoms with van der Waals surface area (Å²) in [6, 6.07) is 7.36. The predicted octanol–water partition coefficient (Wildman–Crippen LogP) is 2.74. The van der Waals surface area contributed by atoms with E-state index < -0.39 is 5.92 Å². The Labute approximate surface area is 138 Å². The lowest BCUT2D eigenvalue weighted by atomic mass is 9.75. The third-order valence-electron chi connectivity index (χ3n) is 4.03. The van der Waals surface area contributed by atoms with Gasteiger partial charge in [-0.15, -0.1) is 0 Å². The van der Waals surface area contributed by atoms with Crippen molar-refractivity contribution in [2.24, 2.45) is 10.9 Å². The van der Waals surface area contributed by atoms with Crippen molar-refractivity contribution in [1.29, 1.82) is 0 Å². The summed E-state index contributed by atoms with van der Waals surface area (Å²) in [6.45, 7) is 3.33. The van der Waals surface area contributed by atoms with E-state index in [0.29, 0.717) is 22.1 Å². The van der Waals surface area contributed by atoms with Crippen LogP contribution in [0.2, 0.25) is 5.02 Å². The first-order chi connectivity index (χ1) is 10.9. The van der Waals surface area contributed by atoms with E-state index in [0.717, 1.165) is 5.56 Å². The standard InChI is InChI=1S/C16H16ClN5O/c1-7-11(8(2)23)12(9-5-3-4-6-10(9)17)13-14(18)21-16(19)22-15(13)20-7/h3-6,11-12H,1-2H3,(H4,18,19,21,22). The summed E-state index contributed by atoms with van der Waals surface area (Å²) in [5, 5.41) is 0.556. The molecule has 1 aromatic carbocycles. The minimum atomic E-state index is -0.461. The Bertz CT molecular complexity index is 833. The molecule has 1 aliphatic heterocycles. The highest BCUT2D eigenvalue weighted by Gasteiger charge is 2.39. The van der Waals surface area contributed by atoms with E-state index in [4.69, 9.17) is 23.1 Å². The molecule has 0 radical (unpaired) electrons. The van der Waals surface area contributed by atoms with Crippen LogP contribution in [0.25, 0.3) is 0 Å². The lowest BCUT2D eigenvalue weighted by Crippen LogP contribution is -2.31. The summed E-state index contributed by atoms with van der Waals surface area (Å²) in [5.74, 6) is -0.184. The van der Waals surface area contributed by atoms with Crippen molar-refractivity contribution in [3.63, 3.8) is 0 Å². The zero-order chi connectivity index (χ0) is 16.7. The molecule has 2 atom stereocenters. The van der Waals surface area contributed by atoms with Gasteiger partial charge in [-0.1, -0.05) is 29.8 Å². The number of fused-ring (bicyclic) bond motifs is 1. The fraction of sp³-hybridized carbons (Fsp3) is 0.250. The SMILES string of the molecule is CC(=O)C1C(C)=Nc2nc(N)nc(N)c2C1c1ccccc1Cl. The molecular weight excluding hydrogens is 314 g/mol. The summed E-state index contributed by atoms with van der Waals surface area (Å²) in [5.41, 5.74) is 13.8. The van der Waals surface area contributed by atoms with E-state index in [-0.39, 0.29) is 23.5 Å². The smallest absolute Gasteiger partial charge is 0.224 e. The van der Waals surface area contributed by atoms with Gasteiger partial charge in [0.25, 0.3) is 0 Å². The molecule has 0 saturated heterocycles. The first-order valence-electron chi connectivity index (χ1n) is 7.13. The highest BCUT2D eigenvalue weighted by atomic mass is 35.5.